The minimum absolute atomic E-state index is 0.0311. The molecule has 1 fully saturated rings. The summed E-state index contributed by atoms with van der Waals surface area (Å²) < 4.78 is 51.7. The van der Waals surface area contributed by atoms with E-state index < -0.39 is 33.5 Å². The van der Waals surface area contributed by atoms with Crippen molar-refractivity contribution in [3.8, 4) is 0 Å². The lowest BCUT2D eigenvalue weighted by Gasteiger charge is -2.30. The van der Waals surface area contributed by atoms with E-state index in [-0.39, 0.29) is 18.0 Å². The number of carbonyl (C=O) groups is 1. The number of amides is 1. The molecule has 1 saturated heterocycles. The Labute approximate surface area is 115 Å². The van der Waals surface area contributed by atoms with Gasteiger partial charge in [0.2, 0.25) is 15.9 Å². The maximum Gasteiger partial charge on any atom is 0.243 e. The van der Waals surface area contributed by atoms with Gasteiger partial charge in [0.15, 0.2) is 11.6 Å². The SMILES string of the molecule is NC(=O)C1CCCN(S(=O)(=O)c2ccc(F)c(F)c2)C1. The molecule has 0 radical (unpaired) electrons. The van der Waals surface area contributed by atoms with Crippen LogP contribution in [-0.4, -0.2) is 31.7 Å². The van der Waals surface area contributed by atoms with Gasteiger partial charge in [0.25, 0.3) is 0 Å². The average molecular weight is 304 g/mol. The van der Waals surface area contributed by atoms with Crippen LogP contribution in [0.4, 0.5) is 8.78 Å². The molecule has 1 heterocycles. The number of piperidine rings is 1. The van der Waals surface area contributed by atoms with Crippen molar-refractivity contribution in [1.82, 2.24) is 4.31 Å². The van der Waals surface area contributed by atoms with Crippen LogP contribution < -0.4 is 5.73 Å². The fraction of sp³-hybridized carbons (Fsp3) is 0.417. The summed E-state index contributed by atoms with van der Waals surface area (Å²) in [6, 6.07) is 2.40. The van der Waals surface area contributed by atoms with E-state index in [1.807, 2.05) is 0 Å². The number of sulfonamides is 1. The maximum absolute atomic E-state index is 13.1. The summed E-state index contributed by atoms with van der Waals surface area (Å²) in [6.45, 7) is 0.196. The summed E-state index contributed by atoms with van der Waals surface area (Å²) in [5.41, 5.74) is 5.19. The van der Waals surface area contributed by atoms with Gasteiger partial charge in [-0.05, 0) is 31.0 Å². The van der Waals surface area contributed by atoms with Gasteiger partial charge >= 0.3 is 0 Å². The van der Waals surface area contributed by atoms with Crippen LogP contribution in [-0.2, 0) is 14.8 Å². The molecule has 5 nitrogen and oxygen atoms in total. The van der Waals surface area contributed by atoms with Crippen molar-refractivity contribution in [2.45, 2.75) is 17.7 Å². The number of nitrogens with two attached hydrogens (primary N) is 1. The Morgan fingerprint density at radius 2 is 2.00 bits per heavy atom. The maximum atomic E-state index is 13.1. The molecule has 1 aromatic carbocycles. The van der Waals surface area contributed by atoms with E-state index in [9.17, 15) is 22.0 Å². The highest BCUT2D eigenvalue weighted by atomic mass is 32.2. The van der Waals surface area contributed by atoms with E-state index in [1.54, 1.807) is 0 Å². The molecule has 8 heteroatoms. The second-order valence-electron chi connectivity index (χ2n) is 4.68. The van der Waals surface area contributed by atoms with E-state index >= 15 is 0 Å². The molecule has 0 aromatic heterocycles. The number of primary amides is 1. The van der Waals surface area contributed by atoms with Crippen molar-refractivity contribution in [3.63, 3.8) is 0 Å². The Morgan fingerprint density at radius 3 is 2.60 bits per heavy atom. The zero-order valence-electron chi connectivity index (χ0n) is 10.6. The van der Waals surface area contributed by atoms with Crippen LogP contribution in [0, 0.1) is 17.6 Å². The monoisotopic (exact) mass is 304 g/mol. The van der Waals surface area contributed by atoms with Crippen LogP contribution in [0.5, 0.6) is 0 Å². The van der Waals surface area contributed by atoms with Crippen molar-refractivity contribution < 1.29 is 22.0 Å². The van der Waals surface area contributed by atoms with E-state index in [0.29, 0.717) is 18.9 Å². The smallest absolute Gasteiger partial charge is 0.243 e. The second kappa shape index (κ2) is 5.45. The van der Waals surface area contributed by atoms with Crippen LogP contribution in [0.1, 0.15) is 12.8 Å². The molecule has 1 atom stereocenters. The lowest BCUT2D eigenvalue weighted by atomic mass is 9.99. The van der Waals surface area contributed by atoms with Crippen molar-refractivity contribution >= 4 is 15.9 Å². The van der Waals surface area contributed by atoms with Gasteiger partial charge in [0, 0.05) is 13.1 Å². The number of hydrogen-bond donors (Lipinski definition) is 1. The highest BCUT2D eigenvalue weighted by Crippen LogP contribution is 2.24. The minimum Gasteiger partial charge on any atom is -0.369 e. The zero-order valence-corrected chi connectivity index (χ0v) is 11.4. The molecular formula is C12H14F2N2O3S. The third-order valence-electron chi connectivity index (χ3n) is 3.32. The van der Waals surface area contributed by atoms with Crippen LogP contribution in [0.2, 0.25) is 0 Å². The average Bonchev–Trinajstić information content (AvgIpc) is 2.42. The van der Waals surface area contributed by atoms with Crippen LogP contribution in [0.25, 0.3) is 0 Å². The summed E-state index contributed by atoms with van der Waals surface area (Å²) in [7, 11) is -3.95. The Kier molecular flexibility index (Phi) is 4.05. The van der Waals surface area contributed by atoms with Gasteiger partial charge in [0.05, 0.1) is 10.8 Å². The lowest BCUT2D eigenvalue weighted by Crippen LogP contribution is -2.44. The number of rotatable bonds is 3. The van der Waals surface area contributed by atoms with Gasteiger partial charge in [-0.15, -0.1) is 0 Å². The van der Waals surface area contributed by atoms with Gasteiger partial charge in [-0.3, -0.25) is 4.79 Å². The van der Waals surface area contributed by atoms with Gasteiger partial charge in [-0.25, -0.2) is 17.2 Å². The third kappa shape index (κ3) is 2.80. The van der Waals surface area contributed by atoms with E-state index in [4.69, 9.17) is 5.73 Å². The zero-order chi connectivity index (χ0) is 14.9. The van der Waals surface area contributed by atoms with Gasteiger partial charge in [0.1, 0.15) is 0 Å². The Morgan fingerprint density at radius 1 is 1.30 bits per heavy atom. The first-order valence-corrected chi connectivity index (χ1v) is 7.51. The molecule has 0 aliphatic carbocycles. The summed E-state index contributed by atoms with van der Waals surface area (Å²) in [5.74, 6) is -3.45. The molecule has 0 saturated carbocycles. The summed E-state index contributed by atoms with van der Waals surface area (Å²) in [4.78, 5) is 10.8. The van der Waals surface area contributed by atoms with Crippen molar-refractivity contribution in [1.29, 1.82) is 0 Å². The molecule has 2 N–H and O–H groups in total. The quantitative estimate of drug-likeness (QED) is 0.899. The Balaban J connectivity index is 2.29. The fourth-order valence-electron chi connectivity index (χ4n) is 2.18. The fourth-order valence-corrected chi connectivity index (χ4v) is 3.72. The van der Waals surface area contributed by atoms with E-state index in [1.165, 1.54) is 0 Å². The first-order chi connectivity index (χ1) is 9.32. The van der Waals surface area contributed by atoms with Crippen molar-refractivity contribution in [2.24, 2.45) is 11.7 Å². The molecule has 1 aliphatic heterocycles. The molecular weight excluding hydrogens is 290 g/mol. The number of carbonyl (C=O) groups excluding carboxylic acids is 1. The van der Waals surface area contributed by atoms with Gasteiger partial charge in [-0.2, -0.15) is 4.31 Å². The molecule has 1 amide bonds. The summed E-state index contributed by atoms with van der Waals surface area (Å²) >= 11 is 0. The molecule has 110 valence electrons. The largest absolute Gasteiger partial charge is 0.369 e. The normalized spacial score (nSPS) is 20.8. The molecule has 1 aliphatic rings. The number of halogens is 2. The van der Waals surface area contributed by atoms with Crippen LogP contribution >= 0.6 is 0 Å². The van der Waals surface area contributed by atoms with E-state index in [2.05, 4.69) is 0 Å². The lowest BCUT2D eigenvalue weighted by molar-refractivity contribution is -0.122. The van der Waals surface area contributed by atoms with Crippen LogP contribution in [0.15, 0.2) is 23.1 Å². The van der Waals surface area contributed by atoms with Gasteiger partial charge < -0.3 is 5.73 Å². The minimum atomic E-state index is -3.95. The standard InChI is InChI=1S/C12H14F2N2O3S/c13-10-4-3-9(6-11(10)14)20(18,19)16-5-1-2-8(7-16)12(15)17/h3-4,6,8H,1-2,5,7H2,(H2,15,17). The highest BCUT2D eigenvalue weighted by Gasteiger charge is 2.32. The summed E-state index contributed by atoms with van der Waals surface area (Å²) in [5, 5.41) is 0. The first-order valence-electron chi connectivity index (χ1n) is 6.07. The number of benzene rings is 1. The van der Waals surface area contributed by atoms with Gasteiger partial charge in [-0.1, -0.05) is 0 Å². The Hall–Kier alpha value is -1.54. The molecule has 20 heavy (non-hydrogen) atoms. The number of hydrogen-bond acceptors (Lipinski definition) is 3. The summed E-state index contributed by atoms with van der Waals surface area (Å²) in [6.07, 6.45) is 1.02. The van der Waals surface area contributed by atoms with Crippen LogP contribution in [0.3, 0.4) is 0 Å². The molecule has 1 aromatic rings. The number of nitrogens with zero attached hydrogens (tertiary/aromatic N) is 1. The van der Waals surface area contributed by atoms with Crippen molar-refractivity contribution in [2.75, 3.05) is 13.1 Å². The molecule has 0 spiro atoms. The van der Waals surface area contributed by atoms with Crippen molar-refractivity contribution in [3.05, 3.63) is 29.8 Å². The first kappa shape index (κ1) is 14.9. The third-order valence-corrected chi connectivity index (χ3v) is 5.18. The van der Waals surface area contributed by atoms with E-state index in [0.717, 1.165) is 16.4 Å². The molecule has 1 unspecified atom stereocenters. The Bertz CT molecular complexity index is 634. The predicted octanol–water partition coefficient (Wildman–Crippen LogP) is 0.851. The second-order valence-corrected chi connectivity index (χ2v) is 6.62. The topological polar surface area (TPSA) is 80.5 Å². The molecule has 2 rings (SSSR count). The predicted molar refractivity (Wildman–Crippen MR) is 67.0 cm³/mol. The highest BCUT2D eigenvalue weighted by molar-refractivity contribution is 7.89. The molecule has 0 bridgehead atoms.